The zero-order valence-corrected chi connectivity index (χ0v) is 19.0. The largest absolute Gasteiger partial charge is 0.493 e. The van der Waals surface area contributed by atoms with E-state index in [0.29, 0.717) is 55.4 Å². The van der Waals surface area contributed by atoms with Crippen LogP contribution in [0.15, 0.2) is 36.4 Å². The summed E-state index contributed by atoms with van der Waals surface area (Å²) in [5, 5.41) is 9.15. The number of rotatable bonds is 9. The average molecular weight is 461 g/mol. The van der Waals surface area contributed by atoms with E-state index in [0.717, 1.165) is 5.56 Å². The van der Waals surface area contributed by atoms with Gasteiger partial charge >= 0.3 is 5.97 Å². The van der Waals surface area contributed by atoms with Crippen molar-refractivity contribution in [2.75, 3.05) is 47.5 Å². The number of carboxylic acids is 1. The molecule has 9 heteroatoms. The van der Waals surface area contributed by atoms with Gasteiger partial charge < -0.3 is 24.2 Å². The number of hydrogen-bond donors (Lipinski definition) is 1. The maximum Gasteiger partial charge on any atom is 0.303 e. The number of benzene rings is 2. The molecule has 0 bridgehead atoms. The number of piperazine rings is 1. The van der Waals surface area contributed by atoms with Gasteiger partial charge in [0.25, 0.3) is 5.91 Å². The molecule has 2 aromatic rings. The molecular formula is C24H29FN2O6. The topological polar surface area (TPSA) is 88.5 Å². The molecule has 0 radical (unpaired) electrons. The third kappa shape index (κ3) is 5.73. The number of carbonyl (C=O) groups is 2. The van der Waals surface area contributed by atoms with Crippen molar-refractivity contribution < 1.29 is 33.3 Å². The van der Waals surface area contributed by atoms with Crippen molar-refractivity contribution in [3.8, 4) is 17.2 Å². The van der Waals surface area contributed by atoms with Gasteiger partial charge in [-0.2, -0.15) is 0 Å². The minimum absolute atomic E-state index is 0.00657. The first-order valence-corrected chi connectivity index (χ1v) is 10.7. The van der Waals surface area contributed by atoms with Crippen molar-refractivity contribution in [1.82, 2.24) is 9.80 Å². The van der Waals surface area contributed by atoms with Crippen LogP contribution >= 0.6 is 0 Å². The molecule has 1 fully saturated rings. The van der Waals surface area contributed by atoms with Crippen molar-refractivity contribution >= 4 is 11.9 Å². The number of amides is 1. The van der Waals surface area contributed by atoms with E-state index < -0.39 is 5.97 Å². The van der Waals surface area contributed by atoms with E-state index in [1.54, 1.807) is 29.2 Å². The maximum absolute atomic E-state index is 13.4. The molecule has 33 heavy (non-hydrogen) atoms. The molecule has 0 aromatic heterocycles. The number of ether oxygens (including phenoxy) is 3. The van der Waals surface area contributed by atoms with Crippen LogP contribution < -0.4 is 14.2 Å². The van der Waals surface area contributed by atoms with Gasteiger partial charge in [-0.3, -0.25) is 14.5 Å². The van der Waals surface area contributed by atoms with E-state index in [1.165, 1.54) is 33.5 Å². The summed E-state index contributed by atoms with van der Waals surface area (Å²) in [5.74, 6) is -0.137. The molecule has 1 N–H and O–H groups in total. The number of carbonyl (C=O) groups excluding carboxylic acids is 1. The van der Waals surface area contributed by atoms with E-state index >= 15 is 0 Å². The molecule has 0 saturated carbocycles. The van der Waals surface area contributed by atoms with E-state index in [4.69, 9.17) is 19.3 Å². The summed E-state index contributed by atoms with van der Waals surface area (Å²) >= 11 is 0. The van der Waals surface area contributed by atoms with Gasteiger partial charge in [0.15, 0.2) is 11.5 Å². The Hall–Kier alpha value is -3.33. The fourth-order valence-corrected chi connectivity index (χ4v) is 4.13. The number of nitrogens with zero attached hydrogens (tertiary/aromatic N) is 2. The number of hydrogen-bond acceptors (Lipinski definition) is 6. The smallest absolute Gasteiger partial charge is 0.303 e. The highest BCUT2D eigenvalue weighted by Gasteiger charge is 2.29. The van der Waals surface area contributed by atoms with Crippen molar-refractivity contribution in [2.45, 2.75) is 18.9 Å². The van der Waals surface area contributed by atoms with Crippen molar-refractivity contribution in [1.29, 1.82) is 0 Å². The Morgan fingerprint density at radius 2 is 1.55 bits per heavy atom. The van der Waals surface area contributed by atoms with Gasteiger partial charge in [0.2, 0.25) is 5.75 Å². The third-order valence-corrected chi connectivity index (χ3v) is 5.84. The van der Waals surface area contributed by atoms with E-state index in [9.17, 15) is 14.0 Å². The van der Waals surface area contributed by atoms with Gasteiger partial charge in [-0.15, -0.1) is 0 Å². The van der Waals surface area contributed by atoms with Crippen LogP contribution in [0, 0.1) is 5.82 Å². The van der Waals surface area contributed by atoms with Crippen LogP contribution in [0.2, 0.25) is 0 Å². The minimum atomic E-state index is -0.877. The first-order chi connectivity index (χ1) is 15.9. The Balaban J connectivity index is 1.73. The van der Waals surface area contributed by atoms with Gasteiger partial charge in [-0.05, 0) is 36.2 Å². The summed E-state index contributed by atoms with van der Waals surface area (Å²) in [5.41, 5.74) is 1.29. The Labute approximate surface area is 192 Å². The van der Waals surface area contributed by atoms with Gasteiger partial charge in [0, 0.05) is 44.2 Å². The van der Waals surface area contributed by atoms with Crippen molar-refractivity contribution in [3.05, 3.63) is 53.3 Å². The monoisotopic (exact) mass is 460 g/mol. The van der Waals surface area contributed by atoms with Crippen LogP contribution in [0.3, 0.4) is 0 Å². The normalized spacial score (nSPS) is 15.1. The summed E-state index contributed by atoms with van der Waals surface area (Å²) in [7, 11) is 4.50. The molecular weight excluding hydrogens is 431 g/mol. The molecule has 1 heterocycles. The number of carboxylic acid groups (broad SMARTS) is 1. The molecule has 0 spiro atoms. The Morgan fingerprint density at radius 3 is 2.03 bits per heavy atom. The summed E-state index contributed by atoms with van der Waals surface area (Å²) in [6.07, 6.45) is 0.411. The molecule has 3 rings (SSSR count). The van der Waals surface area contributed by atoms with Gasteiger partial charge in [-0.25, -0.2) is 4.39 Å². The maximum atomic E-state index is 13.4. The highest BCUT2D eigenvalue weighted by Crippen LogP contribution is 2.38. The van der Waals surface area contributed by atoms with Crippen LogP contribution in [0.1, 0.15) is 34.8 Å². The molecule has 8 nitrogen and oxygen atoms in total. The average Bonchev–Trinajstić information content (AvgIpc) is 2.84. The zero-order valence-electron chi connectivity index (χ0n) is 19.0. The standard InChI is InChI=1S/C24H29FN2O6/c1-31-20-14-17(15-21(32-2)23(20)33-3)24(30)27-12-10-26(11-13-27)19(8-9-22(28)29)16-4-6-18(25)7-5-16/h4-7,14-15,19H,8-13H2,1-3H3,(H,28,29)/t19-/m1/s1. The predicted octanol–water partition coefficient (Wildman–Crippen LogP) is 3.22. The van der Waals surface area contributed by atoms with Crippen molar-refractivity contribution in [3.63, 3.8) is 0 Å². The van der Waals surface area contributed by atoms with E-state index in [1.807, 2.05) is 0 Å². The lowest BCUT2D eigenvalue weighted by atomic mass is 9.99. The summed E-state index contributed by atoms with van der Waals surface area (Å²) in [6, 6.07) is 9.24. The molecule has 0 aliphatic carbocycles. The first kappa shape index (κ1) is 24.3. The number of methoxy groups -OCH3 is 3. The molecule has 2 aromatic carbocycles. The second-order valence-corrected chi connectivity index (χ2v) is 7.74. The van der Waals surface area contributed by atoms with Crippen LogP contribution in [-0.2, 0) is 4.79 Å². The summed E-state index contributed by atoms with van der Waals surface area (Å²) < 4.78 is 29.4. The second-order valence-electron chi connectivity index (χ2n) is 7.74. The first-order valence-electron chi connectivity index (χ1n) is 10.7. The second kappa shape index (κ2) is 11.0. The molecule has 1 atom stereocenters. The Kier molecular flexibility index (Phi) is 8.11. The van der Waals surface area contributed by atoms with Gasteiger partial charge in [0.1, 0.15) is 5.82 Å². The number of halogens is 1. The highest BCUT2D eigenvalue weighted by atomic mass is 19.1. The zero-order chi connectivity index (χ0) is 24.0. The third-order valence-electron chi connectivity index (χ3n) is 5.84. The van der Waals surface area contributed by atoms with E-state index in [2.05, 4.69) is 4.90 Å². The van der Waals surface area contributed by atoms with Gasteiger partial charge in [-0.1, -0.05) is 12.1 Å². The molecule has 0 unspecified atom stereocenters. The molecule has 178 valence electrons. The summed E-state index contributed by atoms with van der Waals surface area (Å²) in [6.45, 7) is 2.08. The highest BCUT2D eigenvalue weighted by molar-refractivity contribution is 5.95. The van der Waals surface area contributed by atoms with Crippen LogP contribution in [0.5, 0.6) is 17.2 Å². The Bertz CT molecular complexity index is 948. The predicted molar refractivity (Wildman–Crippen MR) is 120 cm³/mol. The van der Waals surface area contributed by atoms with E-state index in [-0.39, 0.29) is 24.2 Å². The van der Waals surface area contributed by atoms with Crippen LogP contribution in [0.4, 0.5) is 4.39 Å². The number of aliphatic carboxylic acids is 1. The Morgan fingerprint density at radius 1 is 0.970 bits per heavy atom. The SMILES string of the molecule is COc1cc(C(=O)N2CCN([C@H](CCC(=O)O)c3ccc(F)cc3)CC2)cc(OC)c1OC. The summed E-state index contributed by atoms with van der Waals surface area (Å²) in [4.78, 5) is 28.2. The van der Waals surface area contributed by atoms with Crippen LogP contribution in [-0.4, -0.2) is 74.3 Å². The quantitative estimate of drug-likeness (QED) is 0.615. The fraction of sp³-hybridized carbons (Fsp3) is 0.417. The van der Waals surface area contributed by atoms with Gasteiger partial charge in [0.05, 0.1) is 21.3 Å². The lowest BCUT2D eigenvalue weighted by Gasteiger charge is -2.39. The molecule has 1 aliphatic heterocycles. The minimum Gasteiger partial charge on any atom is -0.493 e. The van der Waals surface area contributed by atoms with Crippen LogP contribution in [0.25, 0.3) is 0 Å². The molecule has 1 amide bonds. The molecule has 1 saturated heterocycles. The lowest BCUT2D eigenvalue weighted by Crippen LogP contribution is -2.49. The van der Waals surface area contributed by atoms with Crippen molar-refractivity contribution in [2.24, 2.45) is 0 Å². The lowest BCUT2D eigenvalue weighted by molar-refractivity contribution is -0.137. The molecule has 1 aliphatic rings. The fourth-order valence-electron chi connectivity index (χ4n) is 4.13.